The van der Waals surface area contributed by atoms with Gasteiger partial charge in [0.15, 0.2) is 0 Å². The molecule has 6 nitrogen and oxygen atoms in total. The van der Waals surface area contributed by atoms with E-state index in [0.717, 1.165) is 12.3 Å². The average molecular weight is 270 g/mol. The summed E-state index contributed by atoms with van der Waals surface area (Å²) in [5.74, 6) is -2.32. The molecule has 1 amide bonds. The van der Waals surface area contributed by atoms with E-state index in [0.29, 0.717) is 0 Å². The van der Waals surface area contributed by atoms with Crippen LogP contribution in [0.25, 0.3) is 0 Å². The summed E-state index contributed by atoms with van der Waals surface area (Å²) in [6.07, 6.45) is 1.87. The molecule has 0 radical (unpaired) electrons. The van der Waals surface area contributed by atoms with Crippen molar-refractivity contribution < 1.29 is 23.8 Å². The van der Waals surface area contributed by atoms with Gasteiger partial charge in [-0.1, -0.05) is 0 Å². The molecule has 0 aliphatic rings. The number of aliphatic carboxylic acids is 1. The number of halogens is 1. The summed E-state index contributed by atoms with van der Waals surface area (Å²) in [5.41, 5.74) is -1.06. The Morgan fingerprint density at radius 3 is 2.74 bits per heavy atom. The lowest BCUT2D eigenvalue weighted by Gasteiger charge is -2.28. The van der Waals surface area contributed by atoms with Gasteiger partial charge in [0.05, 0.1) is 30.3 Å². The lowest BCUT2D eigenvalue weighted by molar-refractivity contribution is -0.139. The van der Waals surface area contributed by atoms with Gasteiger partial charge in [-0.25, -0.2) is 4.39 Å². The summed E-state index contributed by atoms with van der Waals surface area (Å²) >= 11 is 0. The average Bonchev–Trinajstić information content (AvgIpc) is 2.27. The first-order valence-corrected chi connectivity index (χ1v) is 5.50. The van der Waals surface area contributed by atoms with Crippen molar-refractivity contribution in [3.63, 3.8) is 0 Å². The second-order valence-electron chi connectivity index (χ2n) is 4.41. The van der Waals surface area contributed by atoms with E-state index in [4.69, 9.17) is 9.84 Å². The fourth-order valence-electron chi connectivity index (χ4n) is 1.67. The Hall–Kier alpha value is -2.02. The van der Waals surface area contributed by atoms with E-state index in [9.17, 15) is 14.0 Å². The fourth-order valence-corrected chi connectivity index (χ4v) is 1.67. The number of carboxylic acid groups (broad SMARTS) is 1. The Kier molecular flexibility index (Phi) is 4.94. The molecular weight excluding hydrogens is 255 g/mol. The summed E-state index contributed by atoms with van der Waals surface area (Å²) in [6.45, 7) is 1.56. The topological polar surface area (TPSA) is 88.5 Å². The zero-order valence-corrected chi connectivity index (χ0v) is 10.6. The molecule has 1 rings (SSSR count). The van der Waals surface area contributed by atoms with Crippen LogP contribution in [0, 0.1) is 5.82 Å². The van der Waals surface area contributed by atoms with Gasteiger partial charge in [-0.3, -0.25) is 14.6 Å². The highest BCUT2D eigenvalue weighted by Crippen LogP contribution is 2.12. The monoisotopic (exact) mass is 270 g/mol. The first-order valence-electron chi connectivity index (χ1n) is 5.50. The van der Waals surface area contributed by atoms with E-state index < -0.39 is 23.2 Å². The fraction of sp³-hybridized carbons (Fsp3) is 0.417. The minimum Gasteiger partial charge on any atom is -0.481 e. The molecule has 104 valence electrons. The smallest absolute Gasteiger partial charge is 0.305 e. The number of pyridine rings is 1. The van der Waals surface area contributed by atoms with Crippen molar-refractivity contribution in [1.29, 1.82) is 0 Å². The molecule has 1 unspecified atom stereocenters. The van der Waals surface area contributed by atoms with Crippen LogP contribution < -0.4 is 5.32 Å². The molecule has 1 aromatic rings. The molecule has 0 aromatic carbocycles. The number of hydrogen-bond acceptors (Lipinski definition) is 4. The number of nitrogens with zero attached hydrogens (tertiary/aromatic N) is 1. The molecule has 0 spiro atoms. The molecular formula is C12H15FN2O4. The van der Waals surface area contributed by atoms with Gasteiger partial charge in [0.25, 0.3) is 5.91 Å². The number of amides is 1. The highest BCUT2D eigenvalue weighted by atomic mass is 19.1. The largest absolute Gasteiger partial charge is 0.481 e. The third-order valence-corrected chi connectivity index (χ3v) is 2.39. The van der Waals surface area contributed by atoms with Gasteiger partial charge in [0, 0.05) is 13.3 Å². The molecule has 0 aliphatic carbocycles. The van der Waals surface area contributed by atoms with E-state index in [-0.39, 0.29) is 18.6 Å². The number of methoxy groups -OCH3 is 1. The summed E-state index contributed by atoms with van der Waals surface area (Å²) in [4.78, 5) is 26.2. The number of rotatable bonds is 6. The Balaban J connectivity index is 2.84. The maximum absolute atomic E-state index is 13.0. The second kappa shape index (κ2) is 6.24. The molecule has 0 saturated carbocycles. The van der Waals surface area contributed by atoms with E-state index >= 15 is 0 Å². The van der Waals surface area contributed by atoms with Crippen molar-refractivity contribution in [3.8, 4) is 0 Å². The van der Waals surface area contributed by atoms with Crippen molar-refractivity contribution in [2.45, 2.75) is 18.9 Å². The van der Waals surface area contributed by atoms with Crippen LogP contribution in [-0.4, -0.2) is 41.2 Å². The van der Waals surface area contributed by atoms with Crippen molar-refractivity contribution in [2.24, 2.45) is 0 Å². The zero-order chi connectivity index (χ0) is 14.5. The van der Waals surface area contributed by atoms with Gasteiger partial charge in [-0.05, 0) is 13.0 Å². The normalized spacial score (nSPS) is 13.6. The minimum atomic E-state index is -1.08. The molecule has 0 fully saturated rings. The van der Waals surface area contributed by atoms with Crippen LogP contribution in [0.4, 0.5) is 4.39 Å². The van der Waals surface area contributed by atoms with Crippen molar-refractivity contribution in [3.05, 3.63) is 29.8 Å². The van der Waals surface area contributed by atoms with E-state index in [2.05, 4.69) is 10.3 Å². The number of ether oxygens (including phenoxy) is 1. The molecule has 0 aliphatic heterocycles. The second-order valence-corrected chi connectivity index (χ2v) is 4.41. The predicted octanol–water partition coefficient (Wildman–Crippen LogP) is 0.830. The number of carbonyl (C=O) groups is 2. The molecule has 2 N–H and O–H groups in total. The summed E-state index contributed by atoms with van der Waals surface area (Å²) in [7, 11) is 1.40. The third kappa shape index (κ3) is 4.63. The van der Waals surface area contributed by atoms with Crippen LogP contribution in [0.15, 0.2) is 18.5 Å². The van der Waals surface area contributed by atoms with Gasteiger partial charge in [-0.15, -0.1) is 0 Å². The predicted molar refractivity (Wildman–Crippen MR) is 64.2 cm³/mol. The van der Waals surface area contributed by atoms with Crippen LogP contribution in [0.1, 0.15) is 23.7 Å². The molecule has 0 bridgehead atoms. The Morgan fingerprint density at radius 1 is 1.53 bits per heavy atom. The molecule has 1 heterocycles. The van der Waals surface area contributed by atoms with Crippen molar-refractivity contribution >= 4 is 11.9 Å². The van der Waals surface area contributed by atoms with Crippen LogP contribution in [0.5, 0.6) is 0 Å². The Morgan fingerprint density at radius 2 is 2.21 bits per heavy atom. The Labute approximate surface area is 109 Å². The van der Waals surface area contributed by atoms with Crippen molar-refractivity contribution in [1.82, 2.24) is 10.3 Å². The number of carboxylic acids is 1. The van der Waals surface area contributed by atoms with Gasteiger partial charge in [0.2, 0.25) is 0 Å². The van der Waals surface area contributed by atoms with Crippen LogP contribution in [-0.2, 0) is 9.53 Å². The van der Waals surface area contributed by atoms with E-state index in [1.165, 1.54) is 20.2 Å². The first-order chi connectivity index (χ1) is 8.86. The van der Waals surface area contributed by atoms with Crippen molar-refractivity contribution in [2.75, 3.05) is 13.7 Å². The molecule has 19 heavy (non-hydrogen) atoms. The lowest BCUT2D eigenvalue weighted by atomic mass is 9.98. The number of nitrogens with one attached hydrogen (secondary N) is 1. The quantitative estimate of drug-likeness (QED) is 0.799. The number of hydrogen-bond donors (Lipinski definition) is 2. The van der Waals surface area contributed by atoms with Gasteiger partial charge >= 0.3 is 5.97 Å². The summed E-state index contributed by atoms with van der Waals surface area (Å²) in [6, 6.07) is 1.02. The highest BCUT2D eigenvalue weighted by Gasteiger charge is 2.30. The zero-order valence-electron chi connectivity index (χ0n) is 10.6. The number of carbonyl (C=O) groups excluding carboxylic acids is 1. The molecule has 1 aromatic heterocycles. The molecule has 1 atom stereocenters. The standard InChI is InChI=1S/C12H15FN2O4/c1-12(7-19-2,4-10(16)17)15-11(18)8-3-9(13)6-14-5-8/h3,5-6H,4,7H2,1-2H3,(H,15,18)(H,16,17). The number of aromatic nitrogens is 1. The van der Waals surface area contributed by atoms with E-state index in [1.54, 1.807) is 0 Å². The van der Waals surface area contributed by atoms with Crippen LogP contribution in [0.2, 0.25) is 0 Å². The van der Waals surface area contributed by atoms with Gasteiger partial charge < -0.3 is 15.2 Å². The SMILES string of the molecule is COCC(C)(CC(=O)O)NC(=O)c1cncc(F)c1. The van der Waals surface area contributed by atoms with E-state index in [1.807, 2.05) is 0 Å². The van der Waals surface area contributed by atoms with Crippen LogP contribution in [0.3, 0.4) is 0 Å². The highest BCUT2D eigenvalue weighted by molar-refractivity contribution is 5.94. The summed E-state index contributed by atoms with van der Waals surface area (Å²) < 4.78 is 17.9. The Bertz CT molecular complexity index is 481. The van der Waals surface area contributed by atoms with Gasteiger partial charge in [0.1, 0.15) is 5.82 Å². The maximum Gasteiger partial charge on any atom is 0.305 e. The minimum absolute atomic E-state index is 0.0210. The van der Waals surface area contributed by atoms with Gasteiger partial charge in [-0.2, -0.15) is 0 Å². The molecule has 7 heteroatoms. The summed E-state index contributed by atoms with van der Waals surface area (Å²) in [5, 5.41) is 11.3. The third-order valence-electron chi connectivity index (χ3n) is 2.39. The molecule has 0 saturated heterocycles. The first kappa shape index (κ1) is 15.0. The van der Waals surface area contributed by atoms with Crippen LogP contribution >= 0.6 is 0 Å². The maximum atomic E-state index is 13.0. The lowest BCUT2D eigenvalue weighted by Crippen LogP contribution is -2.50.